The summed E-state index contributed by atoms with van der Waals surface area (Å²) in [5.41, 5.74) is 0.501. The summed E-state index contributed by atoms with van der Waals surface area (Å²) < 4.78 is 9.68. The van der Waals surface area contributed by atoms with Gasteiger partial charge >= 0.3 is 0 Å². The topological polar surface area (TPSA) is 64.4 Å². The molecule has 5 nitrogen and oxygen atoms in total. The molecule has 6 heteroatoms. The maximum absolute atomic E-state index is 11.6. The minimum atomic E-state index is -0.384. The Kier molecular flexibility index (Phi) is 4.11. The van der Waals surface area contributed by atoms with Gasteiger partial charge in [-0.2, -0.15) is 0 Å². The van der Waals surface area contributed by atoms with Crippen molar-refractivity contribution in [2.75, 3.05) is 13.7 Å². The first-order valence-corrected chi connectivity index (χ1v) is 4.85. The van der Waals surface area contributed by atoms with Crippen molar-refractivity contribution in [3.8, 4) is 0 Å². The second-order valence-corrected chi connectivity index (χ2v) is 3.62. The van der Waals surface area contributed by atoms with Crippen molar-refractivity contribution in [1.82, 2.24) is 10.5 Å². The van der Waals surface area contributed by atoms with Crippen LogP contribution in [-0.2, 0) is 4.74 Å². The second kappa shape index (κ2) is 5.14. The van der Waals surface area contributed by atoms with Crippen LogP contribution in [0.3, 0.4) is 0 Å². The summed E-state index contributed by atoms with van der Waals surface area (Å²) in [5.74, 6) is -0.345. The Balaban J connectivity index is 2.65. The van der Waals surface area contributed by atoms with Crippen LogP contribution in [0.1, 0.15) is 23.2 Å². The van der Waals surface area contributed by atoms with Crippen LogP contribution in [0.25, 0.3) is 0 Å². The molecule has 1 unspecified atom stereocenters. The molecule has 1 amide bonds. The Morgan fingerprint density at radius 1 is 1.73 bits per heavy atom. The number of carbonyl (C=O) groups excluding carboxylic acids is 1. The number of ether oxygens (including phenoxy) is 1. The number of aryl methyl sites for hydroxylation is 1. The van der Waals surface area contributed by atoms with Gasteiger partial charge in [0.25, 0.3) is 5.91 Å². The van der Waals surface area contributed by atoms with Gasteiger partial charge in [-0.3, -0.25) is 4.79 Å². The molecule has 0 saturated carbocycles. The minimum absolute atomic E-state index is 0.0390. The molecule has 0 bridgehead atoms. The lowest BCUT2D eigenvalue weighted by molar-refractivity contribution is 0.0869. The monoisotopic (exact) mass is 232 g/mol. The molecular formula is C9H13ClN2O3. The predicted octanol–water partition coefficient (Wildman–Crippen LogP) is 1.40. The summed E-state index contributed by atoms with van der Waals surface area (Å²) >= 11 is 5.82. The SMILES string of the molecule is COCC(C)NC(=O)c1onc(C)c1Cl. The number of amides is 1. The first-order chi connectivity index (χ1) is 7.06. The molecule has 0 aromatic carbocycles. The van der Waals surface area contributed by atoms with Crippen LogP contribution >= 0.6 is 11.6 Å². The summed E-state index contributed by atoms with van der Waals surface area (Å²) in [6.45, 7) is 3.91. The fraction of sp³-hybridized carbons (Fsp3) is 0.556. The third-order valence-corrected chi connectivity index (χ3v) is 2.24. The summed E-state index contributed by atoms with van der Waals surface area (Å²) in [6, 6.07) is -0.107. The average molecular weight is 233 g/mol. The molecule has 15 heavy (non-hydrogen) atoms. The first kappa shape index (κ1) is 12.0. The van der Waals surface area contributed by atoms with Crippen LogP contribution in [0.15, 0.2) is 4.52 Å². The lowest BCUT2D eigenvalue weighted by Crippen LogP contribution is -2.35. The quantitative estimate of drug-likeness (QED) is 0.852. The molecule has 0 aliphatic rings. The van der Waals surface area contributed by atoms with Crippen molar-refractivity contribution in [3.05, 3.63) is 16.5 Å². The van der Waals surface area contributed by atoms with Gasteiger partial charge in [-0.15, -0.1) is 0 Å². The van der Waals surface area contributed by atoms with Crippen molar-refractivity contribution in [2.24, 2.45) is 0 Å². The van der Waals surface area contributed by atoms with Crippen LogP contribution in [0.4, 0.5) is 0 Å². The fourth-order valence-electron chi connectivity index (χ4n) is 1.08. The Labute approximate surface area is 92.7 Å². The van der Waals surface area contributed by atoms with Crippen LogP contribution in [-0.4, -0.2) is 30.8 Å². The summed E-state index contributed by atoms with van der Waals surface area (Å²) in [7, 11) is 1.56. The van der Waals surface area contributed by atoms with E-state index in [1.807, 2.05) is 6.92 Å². The molecule has 84 valence electrons. The van der Waals surface area contributed by atoms with Crippen molar-refractivity contribution >= 4 is 17.5 Å². The second-order valence-electron chi connectivity index (χ2n) is 3.24. The third-order valence-electron chi connectivity index (χ3n) is 1.79. The van der Waals surface area contributed by atoms with E-state index in [4.69, 9.17) is 20.9 Å². The van der Waals surface area contributed by atoms with Crippen LogP contribution in [0.5, 0.6) is 0 Å². The number of rotatable bonds is 4. The highest BCUT2D eigenvalue weighted by Crippen LogP contribution is 2.19. The molecule has 1 heterocycles. The van der Waals surface area contributed by atoms with Gasteiger partial charge in [-0.25, -0.2) is 0 Å². The van der Waals surface area contributed by atoms with Crippen LogP contribution in [0, 0.1) is 6.92 Å². The lowest BCUT2D eigenvalue weighted by atomic mass is 10.3. The van der Waals surface area contributed by atoms with Crippen molar-refractivity contribution < 1.29 is 14.1 Å². The van der Waals surface area contributed by atoms with E-state index in [-0.39, 0.29) is 22.7 Å². The Morgan fingerprint density at radius 2 is 2.40 bits per heavy atom. The van der Waals surface area contributed by atoms with E-state index >= 15 is 0 Å². The summed E-state index contributed by atoms with van der Waals surface area (Å²) in [4.78, 5) is 11.6. The number of nitrogens with one attached hydrogen (secondary N) is 1. The Hall–Kier alpha value is -1.07. The number of hydrogen-bond donors (Lipinski definition) is 1. The Morgan fingerprint density at radius 3 is 2.87 bits per heavy atom. The molecule has 1 N–H and O–H groups in total. The van der Waals surface area contributed by atoms with Crippen LogP contribution in [0.2, 0.25) is 5.02 Å². The van der Waals surface area contributed by atoms with E-state index in [9.17, 15) is 4.79 Å². The van der Waals surface area contributed by atoms with Crippen molar-refractivity contribution in [2.45, 2.75) is 19.9 Å². The maximum Gasteiger partial charge on any atom is 0.291 e. The maximum atomic E-state index is 11.6. The predicted molar refractivity (Wildman–Crippen MR) is 55.1 cm³/mol. The number of halogens is 1. The molecule has 1 atom stereocenters. The van der Waals surface area contributed by atoms with E-state index in [0.29, 0.717) is 12.3 Å². The van der Waals surface area contributed by atoms with Gasteiger partial charge in [-0.1, -0.05) is 16.8 Å². The highest BCUT2D eigenvalue weighted by molar-refractivity contribution is 6.33. The first-order valence-electron chi connectivity index (χ1n) is 4.47. The number of nitrogens with zero attached hydrogens (tertiary/aromatic N) is 1. The summed E-state index contributed by atoms with van der Waals surface area (Å²) in [5, 5.41) is 6.51. The van der Waals surface area contributed by atoms with Gasteiger partial charge in [0.2, 0.25) is 5.76 Å². The average Bonchev–Trinajstić information content (AvgIpc) is 2.48. The zero-order valence-electron chi connectivity index (χ0n) is 8.83. The summed E-state index contributed by atoms with van der Waals surface area (Å²) in [6.07, 6.45) is 0. The standard InChI is InChI=1S/C9H13ClN2O3/c1-5(4-14-3)11-9(13)8-7(10)6(2)12-15-8/h5H,4H2,1-3H3,(H,11,13). The smallest absolute Gasteiger partial charge is 0.291 e. The largest absolute Gasteiger partial charge is 0.383 e. The van der Waals surface area contributed by atoms with Gasteiger partial charge in [0.15, 0.2) is 0 Å². The molecule has 0 aliphatic heterocycles. The van der Waals surface area contributed by atoms with E-state index in [0.717, 1.165) is 0 Å². The van der Waals surface area contributed by atoms with E-state index in [1.165, 1.54) is 0 Å². The molecule has 1 rings (SSSR count). The number of carbonyl (C=O) groups is 1. The van der Waals surface area contributed by atoms with E-state index in [1.54, 1.807) is 14.0 Å². The van der Waals surface area contributed by atoms with Gasteiger partial charge in [-0.05, 0) is 13.8 Å². The Bertz CT molecular complexity index is 351. The third kappa shape index (κ3) is 2.94. The zero-order valence-corrected chi connectivity index (χ0v) is 9.59. The number of aromatic nitrogens is 1. The number of methoxy groups -OCH3 is 1. The minimum Gasteiger partial charge on any atom is -0.383 e. The molecule has 0 spiro atoms. The zero-order chi connectivity index (χ0) is 11.4. The molecular weight excluding hydrogens is 220 g/mol. The molecule has 1 aromatic rings. The molecule has 0 saturated heterocycles. The van der Waals surface area contributed by atoms with Gasteiger partial charge in [0.1, 0.15) is 5.02 Å². The number of hydrogen-bond acceptors (Lipinski definition) is 4. The highest BCUT2D eigenvalue weighted by atomic mass is 35.5. The molecule has 0 fully saturated rings. The van der Waals surface area contributed by atoms with Crippen molar-refractivity contribution in [3.63, 3.8) is 0 Å². The van der Waals surface area contributed by atoms with Gasteiger partial charge in [0.05, 0.1) is 12.3 Å². The fourth-order valence-corrected chi connectivity index (χ4v) is 1.24. The molecule has 1 aromatic heterocycles. The van der Waals surface area contributed by atoms with E-state index in [2.05, 4.69) is 10.5 Å². The highest BCUT2D eigenvalue weighted by Gasteiger charge is 2.19. The lowest BCUT2D eigenvalue weighted by Gasteiger charge is -2.10. The normalized spacial score (nSPS) is 12.5. The van der Waals surface area contributed by atoms with E-state index < -0.39 is 0 Å². The van der Waals surface area contributed by atoms with Crippen molar-refractivity contribution in [1.29, 1.82) is 0 Å². The molecule has 0 radical (unpaired) electrons. The van der Waals surface area contributed by atoms with Gasteiger partial charge < -0.3 is 14.6 Å². The van der Waals surface area contributed by atoms with Gasteiger partial charge in [0, 0.05) is 13.2 Å². The van der Waals surface area contributed by atoms with Crippen LogP contribution < -0.4 is 5.32 Å². The molecule has 0 aliphatic carbocycles.